The Bertz CT molecular complexity index is 446. The molecule has 0 bridgehead atoms. The molecule has 164 valence electrons. The molecule has 0 spiro atoms. The Labute approximate surface area is 169 Å². The molecule has 1 aliphatic heterocycles. The van der Waals surface area contributed by atoms with Crippen molar-refractivity contribution in [2.24, 2.45) is 0 Å². The molecule has 2 N–H and O–H groups in total. The van der Waals surface area contributed by atoms with Crippen molar-refractivity contribution in [3.05, 3.63) is 0 Å². The molecular formula is C20H39N3O5. The van der Waals surface area contributed by atoms with E-state index in [1.54, 1.807) is 20.8 Å². The van der Waals surface area contributed by atoms with Crippen molar-refractivity contribution in [1.82, 2.24) is 15.1 Å². The van der Waals surface area contributed by atoms with E-state index < -0.39 is 11.7 Å². The highest BCUT2D eigenvalue weighted by molar-refractivity contribution is 5.71. The zero-order chi connectivity index (χ0) is 20.8. The molecule has 0 saturated carbocycles. The van der Waals surface area contributed by atoms with Crippen LogP contribution in [0, 0.1) is 0 Å². The maximum Gasteiger partial charge on any atom is 0.407 e. The summed E-state index contributed by atoms with van der Waals surface area (Å²) >= 11 is 0. The quantitative estimate of drug-likeness (QED) is 0.379. The smallest absolute Gasteiger partial charge is 0.407 e. The van der Waals surface area contributed by atoms with Crippen LogP contribution < -0.4 is 5.32 Å². The third-order valence-corrected chi connectivity index (χ3v) is 4.48. The highest BCUT2D eigenvalue weighted by Crippen LogP contribution is 2.07. The number of alkyl carbamates (subject to hydrolysis) is 1. The summed E-state index contributed by atoms with van der Waals surface area (Å²) in [5.74, 6) is -0.299. The molecule has 0 atom stereocenters. The van der Waals surface area contributed by atoms with E-state index >= 15 is 0 Å². The second-order valence-corrected chi connectivity index (χ2v) is 8.22. The van der Waals surface area contributed by atoms with Gasteiger partial charge in [-0.1, -0.05) is 0 Å². The molecule has 8 heteroatoms. The third kappa shape index (κ3) is 12.9. The Morgan fingerprint density at radius 3 is 2.07 bits per heavy atom. The normalized spacial score (nSPS) is 16.0. The summed E-state index contributed by atoms with van der Waals surface area (Å²) in [6, 6.07) is 0. The summed E-state index contributed by atoms with van der Waals surface area (Å²) in [5.41, 5.74) is -0.544. The van der Waals surface area contributed by atoms with Gasteiger partial charge >= 0.3 is 12.1 Å². The van der Waals surface area contributed by atoms with Gasteiger partial charge in [0, 0.05) is 39.3 Å². The molecule has 28 heavy (non-hydrogen) atoms. The van der Waals surface area contributed by atoms with Gasteiger partial charge in [0.05, 0.1) is 13.0 Å². The van der Waals surface area contributed by atoms with Crippen molar-refractivity contribution in [2.45, 2.75) is 58.5 Å². The second-order valence-electron chi connectivity index (χ2n) is 8.22. The number of hydrogen-bond donors (Lipinski definition) is 2. The lowest BCUT2D eigenvalue weighted by atomic mass is 10.2. The van der Waals surface area contributed by atoms with Gasteiger partial charge in [0.25, 0.3) is 0 Å². The minimum absolute atomic E-state index is 0.150. The van der Waals surface area contributed by atoms with Crippen LogP contribution in [0.5, 0.6) is 0 Å². The first-order valence-electron chi connectivity index (χ1n) is 10.5. The molecule has 1 heterocycles. The first-order chi connectivity index (χ1) is 13.3. The lowest BCUT2D eigenvalue weighted by Crippen LogP contribution is -2.46. The zero-order valence-electron chi connectivity index (χ0n) is 17.9. The van der Waals surface area contributed by atoms with Crippen molar-refractivity contribution in [2.75, 3.05) is 59.0 Å². The predicted molar refractivity (Wildman–Crippen MR) is 108 cm³/mol. The first-order valence-corrected chi connectivity index (χ1v) is 10.5. The average molecular weight is 402 g/mol. The Morgan fingerprint density at radius 1 is 0.964 bits per heavy atom. The van der Waals surface area contributed by atoms with Crippen LogP contribution in [0.4, 0.5) is 4.79 Å². The summed E-state index contributed by atoms with van der Waals surface area (Å²) in [6.45, 7) is 12.7. The Hall–Kier alpha value is -1.38. The summed E-state index contributed by atoms with van der Waals surface area (Å²) in [4.78, 5) is 28.1. The van der Waals surface area contributed by atoms with E-state index in [9.17, 15) is 9.59 Å². The molecule has 0 unspecified atom stereocenters. The summed E-state index contributed by atoms with van der Waals surface area (Å²) in [6.07, 6.45) is 3.44. The van der Waals surface area contributed by atoms with Gasteiger partial charge in [-0.15, -0.1) is 0 Å². The largest absolute Gasteiger partial charge is 0.466 e. The molecule has 1 saturated heterocycles. The van der Waals surface area contributed by atoms with Gasteiger partial charge in [0.15, 0.2) is 0 Å². The summed E-state index contributed by atoms with van der Waals surface area (Å²) < 4.78 is 10.3. The molecule has 0 aromatic carbocycles. The van der Waals surface area contributed by atoms with Crippen LogP contribution in [-0.2, 0) is 14.3 Å². The number of rotatable bonds is 12. The number of piperazine rings is 1. The number of hydrogen-bond acceptors (Lipinski definition) is 7. The first kappa shape index (κ1) is 24.7. The molecule has 0 aromatic rings. The number of aliphatic hydroxyl groups excluding tert-OH is 1. The SMILES string of the molecule is CC(C)(C)OC(=O)NCCC(=O)OCCCCN1CCN(CCCCO)CC1. The van der Waals surface area contributed by atoms with Crippen LogP contribution >= 0.6 is 0 Å². The topological polar surface area (TPSA) is 91.3 Å². The Balaban J connectivity index is 1.96. The standard InChI is InChI=1S/C20H39N3O5/c1-20(2,3)28-19(26)21-9-8-18(25)27-17-7-5-11-23-14-12-22(13-15-23)10-4-6-16-24/h24H,4-17H2,1-3H3,(H,21,26). The molecule has 0 radical (unpaired) electrons. The number of carbonyl (C=O) groups excluding carboxylic acids is 2. The second kappa shape index (κ2) is 13.7. The molecule has 0 aromatic heterocycles. The fourth-order valence-corrected chi connectivity index (χ4v) is 2.96. The number of aliphatic hydroxyl groups is 1. The van der Waals surface area contributed by atoms with E-state index in [-0.39, 0.29) is 25.5 Å². The maximum absolute atomic E-state index is 11.7. The van der Waals surface area contributed by atoms with E-state index in [1.807, 2.05) is 0 Å². The van der Waals surface area contributed by atoms with Crippen molar-refractivity contribution < 1.29 is 24.2 Å². The van der Waals surface area contributed by atoms with Gasteiger partial charge in [-0.05, 0) is 59.5 Å². The van der Waals surface area contributed by atoms with Crippen molar-refractivity contribution in [3.8, 4) is 0 Å². The molecule has 1 fully saturated rings. The van der Waals surface area contributed by atoms with Crippen LogP contribution in [0.25, 0.3) is 0 Å². The number of nitrogens with one attached hydrogen (secondary N) is 1. The van der Waals surface area contributed by atoms with Crippen molar-refractivity contribution in [3.63, 3.8) is 0 Å². The van der Waals surface area contributed by atoms with E-state index in [4.69, 9.17) is 14.6 Å². The van der Waals surface area contributed by atoms with E-state index in [1.165, 1.54) is 0 Å². The molecular weight excluding hydrogens is 362 g/mol. The minimum Gasteiger partial charge on any atom is -0.466 e. The molecule has 1 aliphatic rings. The number of ether oxygens (including phenoxy) is 2. The van der Waals surface area contributed by atoms with Gasteiger partial charge in [-0.25, -0.2) is 4.79 Å². The Kier molecular flexibility index (Phi) is 12.1. The minimum atomic E-state index is -0.544. The molecule has 8 nitrogen and oxygen atoms in total. The van der Waals surface area contributed by atoms with Gasteiger partial charge in [-0.3, -0.25) is 4.79 Å². The van der Waals surface area contributed by atoms with Crippen LogP contribution in [0.1, 0.15) is 52.9 Å². The fraction of sp³-hybridized carbons (Fsp3) is 0.900. The number of nitrogens with zero attached hydrogens (tertiary/aromatic N) is 2. The number of carbonyl (C=O) groups is 2. The number of unbranched alkanes of at least 4 members (excludes halogenated alkanes) is 2. The Morgan fingerprint density at radius 2 is 1.54 bits per heavy atom. The van der Waals surface area contributed by atoms with Crippen LogP contribution in [-0.4, -0.2) is 91.6 Å². The fourth-order valence-electron chi connectivity index (χ4n) is 2.96. The monoisotopic (exact) mass is 401 g/mol. The molecule has 1 amide bonds. The number of amides is 1. The lowest BCUT2D eigenvalue weighted by Gasteiger charge is -2.34. The average Bonchev–Trinajstić information content (AvgIpc) is 2.61. The van der Waals surface area contributed by atoms with Gasteiger partial charge in [0.1, 0.15) is 5.60 Å². The van der Waals surface area contributed by atoms with Crippen LogP contribution in [0.3, 0.4) is 0 Å². The van der Waals surface area contributed by atoms with Crippen molar-refractivity contribution in [1.29, 1.82) is 0 Å². The van der Waals surface area contributed by atoms with Gasteiger partial charge < -0.3 is 29.7 Å². The molecule has 1 rings (SSSR count). The van der Waals surface area contributed by atoms with E-state index in [0.29, 0.717) is 6.61 Å². The van der Waals surface area contributed by atoms with Gasteiger partial charge in [0.2, 0.25) is 0 Å². The highest BCUT2D eigenvalue weighted by atomic mass is 16.6. The van der Waals surface area contributed by atoms with Gasteiger partial charge in [-0.2, -0.15) is 0 Å². The van der Waals surface area contributed by atoms with E-state index in [2.05, 4.69) is 15.1 Å². The summed E-state index contributed by atoms with van der Waals surface area (Å²) in [7, 11) is 0. The van der Waals surface area contributed by atoms with Crippen LogP contribution in [0.2, 0.25) is 0 Å². The highest BCUT2D eigenvalue weighted by Gasteiger charge is 2.17. The molecule has 0 aliphatic carbocycles. The van der Waals surface area contributed by atoms with E-state index in [0.717, 1.165) is 65.0 Å². The van der Waals surface area contributed by atoms with Crippen molar-refractivity contribution >= 4 is 12.1 Å². The van der Waals surface area contributed by atoms with Crippen LogP contribution in [0.15, 0.2) is 0 Å². The lowest BCUT2D eigenvalue weighted by molar-refractivity contribution is -0.143. The third-order valence-electron chi connectivity index (χ3n) is 4.48. The maximum atomic E-state index is 11.7. The summed E-state index contributed by atoms with van der Waals surface area (Å²) in [5, 5.41) is 11.4. The number of esters is 1. The zero-order valence-corrected chi connectivity index (χ0v) is 17.9. The predicted octanol–water partition coefficient (Wildman–Crippen LogP) is 1.61.